The van der Waals surface area contributed by atoms with E-state index in [1.54, 1.807) is 0 Å². The van der Waals surface area contributed by atoms with Crippen LogP contribution >= 0.6 is 11.6 Å². The van der Waals surface area contributed by atoms with Crippen LogP contribution in [0.2, 0.25) is 5.02 Å². The Labute approximate surface area is 115 Å². The van der Waals surface area contributed by atoms with Gasteiger partial charge in [-0.3, -0.25) is 0 Å². The molecule has 0 aliphatic rings. The fraction of sp³-hybridized carbons (Fsp3) is 0.294. The summed E-state index contributed by atoms with van der Waals surface area (Å²) in [7, 11) is 0. The molecule has 0 atom stereocenters. The molecule has 0 N–H and O–H groups in total. The van der Waals surface area contributed by atoms with E-state index in [2.05, 4.69) is 58.0 Å². The third kappa shape index (κ3) is 2.76. The van der Waals surface area contributed by atoms with Gasteiger partial charge in [0.05, 0.1) is 0 Å². The molecule has 0 unspecified atom stereocenters. The SMILES string of the molecule is Cc1cc(Cl)cc(-c2ccccc2C(C)(C)C)c1. The van der Waals surface area contributed by atoms with Crippen LogP contribution in [0.4, 0.5) is 0 Å². The number of hydrogen-bond acceptors (Lipinski definition) is 0. The fourth-order valence-electron chi connectivity index (χ4n) is 2.28. The lowest BCUT2D eigenvalue weighted by Crippen LogP contribution is -2.12. The topological polar surface area (TPSA) is 0 Å². The normalized spacial score (nSPS) is 11.6. The molecule has 2 aromatic carbocycles. The Hall–Kier alpha value is -1.27. The first-order valence-electron chi connectivity index (χ1n) is 6.25. The van der Waals surface area contributed by atoms with Gasteiger partial charge in [0.25, 0.3) is 0 Å². The van der Waals surface area contributed by atoms with Gasteiger partial charge in [-0.25, -0.2) is 0 Å². The summed E-state index contributed by atoms with van der Waals surface area (Å²) < 4.78 is 0. The van der Waals surface area contributed by atoms with E-state index in [-0.39, 0.29) is 5.41 Å². The zero-order valence-electron chi connectivity index (χ0n) is 11.4. The number of hydrogen-bond donors (Lipinski definition) is 0. The Balaban J connectivity index is 2.64. The van der Waals surface area contributed by atoms with Gasteiger partial charge in [0.1, 0.15) is 0 Å². The molecular formula is C17H19Cl. The van der Waals surface area contributed by atoms with Crippen LogP contribution < -0.4 is 0 Å². The van der Waals surface area contributed by atoms with E-state index in [0.717, 1.165) is 5.02 Å². The van der Waals surface area contributed by atoms with Crippen LogP contribution in [-0.4, -0.2) is 0 Å². The Bertz CT molecular complexity index is 542. The van der Waals surface area contributed by atoms with Crippen molar-refractivity contribution >= 4 is 11.6 Å². The van der Waals surface area contributed by atoms with Crippen molar-refractivity contribution in [1.29, 1.82) is 0 Å². The summed E-state index contributed by atoms with van der Waals surface area (Å²) in [6.45, 7) is 8.80. The van der Waals surface area contributed by atoms with E-state index in [4.69, 9.17) is 11.6 Å². The van der Waals surface area contributed by atoms with Gasteiger partial charge in [-0.1, -0.05) is 62.7 Å². The van der Waals surface area contributed by atoms with Crippen LogP contribution in [0.25, 0.3) is 11.1 Å². The van der Waals surface area contributed by atoms with Gasteiger partial charge in [-0.05, 0) is 46.7 Å². The zero-order valence-corrected chi connectivity index (χ0v) is 12.2. The van der Waals surface area contributed by atoms with E-state index >= 15 is 0 Å². The second-order valence-electron chi connectivity index (χ2n) is 5.81. The molecule has 0 fully saturated rings. The van der Waals surface area contributed by atoms with Crippen LogP contribution in [0, 0.1) is 6.92 Å². The Kier molecular flexibility index (Phi) is 3.49. The molecule has 0 heterocycles. The average Bonchev–Trinajstić information content (AvgIpc) is 2.26. The smallest absolute Gasteiger partial charge is 0.0414 e. The van der Waals surface area contributed by atoms with Gasteiger partial charge in [0, 0.05) is 5.02 Å². The van der Waals surface area contributed by atoms with E-state index in [1.807, 2.05) is 12.1 Å². The van der Waals surface area contributed by atoms with Crippen LogP contribution in [0.3, 0.4) is 0 Å². The van der Waals surface area contributed by atoms with Crippen LogP contribution in [0.15, 0.2) is 42.5 Å². The number of aryl methyl sites for hydroxylation is 1. The van der Waals surface area contributed by atoms with Gasteiger partial charge < -0.3 is 0 Å². The second-order valence-corrected chi connectivity index (χ2v) is 6.25. The maximum atomic E-state index is 6.17. The van der Waals surface area contributed by atoms with Crippen molar-refractivity contribution in [2.75, 3.05) is 0 Å². The van der Waals surface area contributed by atoms with E-state index in [0.29, 0.717) is 0 Å². The van der Waals surface area contributed by atoms with Crippen molar-refractivity contribution in [3.05, 3.63) is 58.6 Å². The molecule has 0 radical (unpaired) electrons. The van der Waals surface area contributed by atoms with Gasteiger partial charge in [-0.2, -0.15) is 0 Å². The van der Waals surface area contributed by atoms with Crippen molar-refractivity contribution in [1.82, 2.24) is 0 Å². The van der Waals surface area contributed by atoms with Gasteiger partial charge >= 0.3 is 0 Å². The molecule has 0 bridgehead atoms. The molecule has 1 heteroatoms. The van der Waals surface area contributed by atoms with Crippen molar-refractivity contribution in [3.8, 4) is 11.1 Å². The van der Waals surface area contributed by atoms with E-state index in [1.165, 1.54) is 22.3 Å². The molecule has 0 aliphatic heterocycles. The highest BCUT2D eigenvalue weighted by Gasteiger charge is 2.18. The highest BCUT2D eigenvalue weighted by molar-refractivity contribution is 6.31. The lowest BCUT2D eigenvalue weighted by molar-refractivity contribution is 0.592. The Morgan fingerprint density at radius 1 is 0.944 bits per heavy atom. The minimum Gasteiger partial charge on any atom is -0.0843 e. The predicted octanol–water partition coefficient (Wildman–Crippen LogP) is 5.61. The van der Waals surface area contributed by atoms with Crippen molar-refractivity contribution in [2.24, 2.45) is 0 Å². The summed E-state index contributed by atoms with van der Waals surface area (Å²) in [6, 6.07) is 14.8. The summed E-state index contributed by atoms with van der Waals surface area (Å²) >= 11 is 6.17. The van der Waals surface area contributed by atoms with E-state index < -0.39 is 0 Å². The highest BCUT2D eigenvalue weighted by atomic mass is 35.5. The van der Waals surface area contributed by atoms with E-state index in [9.17, 15) is 0 Å². The van der Waals surface area contributed by atoms with Crippen molar-refractivity contribution in [3.63, 3.8) is 0 Å². The number of benzene rings is 2. The summed E-state index contributed by atoms with van der Waals surface area (Å²) in [4.78, 5) is 0. The molecule has 2 aromatic rings. The summed E-state index contributed by atoms with van der Waals surface area (Å²) in [5, 5.41) is 0.800. The first-order valence-corrected chi connectivity index (χ1v) is 6.63. The molecule has 0 nitrogen and oxygen atoms in total. The quantitative estimate of drug-likeness (QED) is 0.623. The van der Waals surface area contributed by atoms with Crippen molar-refractivity contribution in [2.45, 2.75) is 33.1 Å². The van der Waals surface area contributed by atoms with Crippen LogP contribution in [0.1, 0.15) is 31.9 Å². The molecule has 0 saturated carbocycles. The van der Waals surface area contributed by atoms with Crippen molar-refractivity contribution < 1.29 is 0 Å². The summed E-state index contributed by atoms with van der Waals surface area (Å²) in [6.07, 6.45) is 0. The molecule has 0 spiro atoms. The minimum atomic E-state index is 0.132. The first-order chi connectivity index (χ1) is 8.38. The summed E-state index contributed by atoms with van der Waals surface area (Å²) in [5.41, 5.74) is 5.15. The molecule has 94 valence electrons. The molecule has 0 aliphatic carbocycles. The maximum absolute atomic E-state index is 6.17. The maximum Gasteiger partial charge on any atom is 0.0414 e. The van der Waals surface area contributed by atoms with Gasteiger partial charge in [0.15, 0.2) is 0 Å². The van der Waals surface area contributed by atoms with Gasteiger partial charge in [0.2, 0.25) is 0 Å². The molecule has 0 saturated heterocycles. The Morgan fingerprint density at radius 3 is 2.22 bits per heavy atom. The molecule has 2 rings (SSSR count). The largest absolute Gasteiger partial charge is 0.0843 e. The third-order valence-electron chi connectivity index (χ3n) is 3.09. The van der Waals surface area contributed by atoms with Crippen LogP contribution in [0.5, 0.6) is 0 Å². The molecule has 18 heavy (non-hydrogen) atoms. The zero-order chi connectivity index (χ0) is 13.3. The molecular weight excluding hydrogens is 240 g/mol. The first kappa shape index (κ1) is 13.2. The van der Waals surface area contributed by atoms with Crippen LogP contribution in [-0.2, 0) is 5.41 Å². The fourth-order valence-corrected chi connectivity index (χ4v) is 2.57. The standard InChI is InChI=1S/C17H19Cl/c1-12-9-13(11-14(18)10-12)15-7-5-6-8-16(15)17(2,3)4/h5-11H,1-4H3. The second kappa shape index (κ2) is 4.78. The number of halogens is 1. The third-order valence-corrected chi connectivity index (χ3v) is 3.31. The highest BCUT2D eigenvalue weighted by Crippen LogP contribution is 2.34. The summed E-state index contributed by atoms with van der Waals surface area (Å²) in [5.74, 6) is 0. The van der Waals surface area contributed by atoms with Gasteiger partial charge in [-0.15, -0.1) is 0 Å². The molecule has 0 aromatic heterocycles. The molecule has 0 amide bonds. The monoisotopic (exact) mass is 258 g/mol. The lowest BCUT2D eigenvalue weighted by atomic mass is 9.82. The Morgan fingerprint density at radius 2 is 1.61 bits per heavy atom. The lowest BCUT2D eigenvalue weighted by Gasteiger charge is -2.23. The number of rotatable bonds is 1. The average molecular weight is 259 g/mol. The minimum absolute atomic E-state index is 0.132. The predicted molar refractivity (Wildman–Crippen MR) is 80.3 cm³/mol.